The van der Waals surface area contributed by atoms with Crippen LogP contribution in [0.15, 0.2) is 42.5 Å². The van der Waals surface area contributed by atoms with Gasteiger partial charge in [0.1, 0.15) is 5.82 Å². The van der Waals surface area contributed by atoms with Crippen LogP contribution in [0.25, 0.3) is 0 Å². The Kier molecular flexibility index (Phi) is 5.88. The minimum atomic E-state index is -0.198. The molecule has 2 aromatic rings. The fourth-order valence-corrected chi connectivity index (χ4v) is 3.04. The zero-order chi connectivity index (χ0) is 14.5. The predicted octanol–water partition coefficient (Wildman–Crippen LogP) is 5.93. The number of hydrogen-bond donors (Lipinski definition) is 0. The van der Waals surface area contributed by atoms with Gasteiger partial charge >= 0.3 is 0 Å². The topological polar surface area (TPSA) is 0 Å². The third kappa shape index (κ3) is 4.47. The molecule has 0 saturated carbocycles. The van der Waals surface area contributed by atoms with Gasteiger partial charge in [0.25, 0.3) is 0 Å². The first kappa shape index (κ1) is 15.8. The molecular weight excluding hydrogens is 362 g/mol. The van der Waals surface area contributed by atoms with Gasteiger partial charge in [-0.3, -0.25) is 0 Å². The molecule has 2 aromatic carbocycles. The van der Waals surface area contributed by atoms with Crippen molar-refractivity contribution in [3.8, 4) is 0 Å². The molecule has 0 spiro atoms. The maximum Gasteiger partial charge on any atom is 0.123 e. The summed E-state index contributed by atoms with van der Waals surface area (Å²) in [6.45, 7) is 0. The van der Waals surface area contributed by atoms with Gasteiger partial charge in [-0.2, -0.15) is 0 Å². The van der Waals surface area contributed by atoms with Crippen molar-refractivity contribution in [3.05, 3.63) is 69.5 Å². The summed E-state index contributed by atoms with van der Waals surface area (Å²) >= 11 is 15.7. The Labute approximate surface area is 137 Å². The molecule has 1 atom stereocenters. The van der Waals surface area contributed by atoms with E-state index in [2.05, 4.69) is 15.9 Å². The van der Waals surface area contributed by atoms with Crippen molar-refractivity contribution in [2.75, 3.05) is 5.33 Å². The average molecular weight is 376 g/mol. The van der Waals surface area contributed by atoms with E-state index in [1.807, 2.05) is 18.2 Å². The van der Waals surface area contributed by atoms with E-state index in [0.717, 1.165) is 34.3 Å². The molecule has 0 N–H and O–H groups in total. The van der Waals surface area contributed by atoms with E-state index in [4.69, 9.17) is 23.2 Å². The molecule has 0 saturated heterocycles. The Balaban J connectivity index is 2.11. The monoisotopic (exact) mass is 374 g/mol. The quantitative estimate of drug-likeness (QED) is 0.568. The summed E-state index contributed by atoms with van der Waals surface area (Å²) in [6, 6.07) is 12.2. The molecule has 2 rings (SSSR count). The summed E-state index contributed by atoms with van der Waals surface area (Å²) < 4.78 is 13.2. The van der Waals surface area contributed by atoms with Gasteiger partial charge in [-0.1, -0.05) is 51.3 Å². The fraction of sp³-hybridized carbons (Fsp3) is 0.250. The Morgan fingerprint density at radius 2 is 1.85 bits per heavy atom. The lowest BCUT2D eigenvalue weighted by Crippen LogP contribution is -2.10. The smallest absolute Gasteiger partial charge is 0.123 e. The van der Waals surface area contributed by atoms with Crippen LogP contribution in [0.5, 0.6) is 0 Å². The van der Waals surface area contributed by atoms with Crippen molar-refractivity contribution in [3.63, 3.8) is 0 Å². The van der Waals surface area contributed by atoms with Gasteiger partial charge in [0, 0.05) is 15.4 Å². The number of rotatable bonds is 5. The summed E-state index contributed by atoms with van der Waals surface area (Å²) in [5.41, 5.74) is 2.02. The molecule has 0 aliphatic heterocycles. The average Bonchev–Trinajstić information content (AvgIpc) is 2.42. The van der Waals surface area contributed by atoms with Crippen LogP contribution in [0.4, 0.5) is 4.39 Å². The number of alkyl halides is 1. The van der Waals surface area contributed by atoms with E-state index in [0.29, 0.717) is 10.9 Å². The number of halogens is 4. The van der Waals surface area contributed by atoms with Gasteiger partial charge in [0.05, 0.1) is 0 Å². The molecule has 0 aromatic heterocycles. The van der Waals surface area contributed by atoms with E-state index in [9.17, 15) is 4.39 Å². The van der Waals surface area contributed by atoms with Gasteiger partial charge in [-0.05, 0) is 60.2 Å². The minimum absolute atomic E-state index is 0.198. The first-order valence-corrected chi connectivity index (χ1v) is 8.20. The summed E-state index contributed by atoms with van der Waals surface area (Å²) in [5.74, 6) is 0.143. The van der Waals surface area contributed by atoms with Crippen LogP contribution in [-0.4, -0.2) is 5.33 Å². The van der Waals surface area contributed by atoms with E-state index in [1.165, 1.54) is 6.07 Å². The lowest BCUT2D eigenvalue weighted by atomic mass is 9.94. The van der Waals surface area contributed by atoms with Crippen LogP contribution in [-0.2, 0) is 12.8 Å². The highest BCUT2D eigenvalue weighted by atomic mass is 79.9. The van der Waals surface area contributed by atoms with Gasteiger partial charge < -0.3 is 0 Å². The molecule has 0 bridgehead atoms. The van der Waals surface area contributed by atoms with Crippen molar-refractivity contribution in [1.29, 1.82) is 0 Å². The van der Waals surface area contributed by atoms with Gasteiger partial charge in [0.15, 0.2) is 0 Å². The molecule has 20 heavy (non-hydrogen) atoms. The van der Waals surface area contributed by atoms with Crippen LogP contribution >= 0.6 is 39.1 Å². The van der Waals surface area contributed by atoms with Crippen molar-refractivity contribution in [2.45, 2.75) is 12.8 Å². The van der Waals surface area contributed by atoms with Crippen molar-refractivity contribution >= 4 is 39.1 Å². The largest absolute Gasteiger partial charge is 0.207 e. The standard InChI is InChI=1S/C16H14BrCl2F/c17-10-12(6-11-2-1-3-15(20)8-11)7-13-9-14(18)4-5-16(13)19/h1-5,8-9,12H,6-7,10H2. The van der Waals surface area contributed by atoms with Crippen LogP contribution in [0.3, 0.4) is 0 Å². The Morgan fingerprint density at radius 1 is 1.05 bits per heavy atom. The second kappa shape index (κ2) is 7.44. The fourth-order valence-electron chi connectivity index (χ4n) is 2.19. The molecule has 0 heterocycles. The molecule has 0 amide bonds. The van der Waals surface area contributed by atoms with E-state index in [-0.39, 0.29) is 5.82 Å². The normalized spacial score (nSPS) is 12.4. The zero-order valence-electron chi connectivity index (χ0n) is 10.8. The van der Waals surface area contributed by atoms with E-state index in [1.54, 1.807) is 18.2 Å². The van der Waals surface area contributed by atoms with Gasteiger partial charge in [0.2, 0.25) is 0 Å². The molecule has 0 aliphatic rings. The van der Waals surface area contributed by atoms with Crippen molar-refractivity contribution in [1.82, 2.24) is 0 Å². The molecule has 0 fully saturated rings. The zero-order valence-corrected chi connectivity index (χ0v) is 13.8. The predicted molar refractivity (Wildman–Crippen MR) is 87.6 cm³/mol. The van der Waals surface area contributed by atoms with Crippen LogP contribution in [0.2, 0.25) is 10.0 Å². The Bertz CT molecular complexity index is 586. The molecule has 4 heteroatoms. The first-order chi connectivity index (χ1) is 9.58. The summed E-state index contributed by atoms with van der Waals surface area (Å²) in [6.07, 6.45) is 1.60. The van der Waals surface area contributed by atoms with E-state index < -0.39 is 0 Å². The second-order valence-corrected chi connectivity index (χ2v) is 6.29. The molecule has 0 aliphatic carbocycles. The van der Waals surface area contributed by atoms with Crippen molar-refractivity contribution in [2.24, 2.45) is 5.92 Å². The highest BCUT2D eigenvalue weighted by molar-refractivity contribution is 9.09. The summed E-state index contributed by atoms with van der Waals surface area (Å²) in [5, 5.41) is 2.23. The Morgan fingerprint density at radius 3 is 2.55 bits per heavy atom. The van der Waals surface area contributed by atoms with E-state index >= 15 is 0 Å². The highest BCUT2D eigenvalue weighted by Crippen LogP contribution is 2.25. The maximum atomic E-state index is 13.2. The third-order valence-electron chi connectivity index (χ3n) is 3.15. The first-order valence-electron chi connectivity index (χ1n) is 6.33. The molecule has 0 nitrogen and oxygen atoms in total. The number of hydrogen-bond acceptors (Lipinski definition) is 0. The van der Waals surface area contributed by atoms with Crippen LogP contribution in [0.1, 0.15) is 11.1 Å². The molecule has 0 radical (unpaired) electrons. The van der Waals surface area contributed by atoms with Crippen molar-refractivity contribution < 1.29 is 4.39 Å². The third-order valence-corrected chi connectivity index (χ3v) is 4.67. The lowest BCUT2D eigenvalue weighted by Gasteiger charge is -2.15. The van der Waals surface area contributed by atoms with Gasteiger partial charge in [-0.15, -0.1) is 0 Å². The number of benzene rings is 2. The molecular formula is C16H14BrCl2F. The SMILES string of the molecule is Fc1cccc(CC(CBr)Cc2cc(Cl)ccc2Cl)c1. The molecule has 1 unspecified atom stereocenters. The summed E-state index contributed by atoms with van der Waals surface area (Å²) in [4.78, 5) is 0. The molecule has 106 valence electrons. The maximum absolute atomic E-state index is 13.2. The second-order valence-electron chi connectivity index (χ2n) is 4.79. The summed E-state index contributed by atoms with van der Waals surface area (Å²) in [7, 11) is 0. The highest BCUT2D eigenvalue weighted by Gasteiger charge is 2.12. The van der Waals surface area contributed by atoms with Crippen LogP contribution in [0, 0.1) is 11.7 Å². The lowest BCUT2D eigenvalue weighted by molar-refractivity contribution is 0.582. The minimum Gasteiger partial charge on any atom is -0.207 e. The van der Waals surface area contributed by atoms with Crippen LogP contribution < -0.4 is 0 Å². The Hall–Kier alpha value is -0.570. The van der Waals surface area contributed by atoms with Gasteiger partial charge in [-0.25, -0.2) is 4.39 Å².